The maximum Gasteiger partial charge on any atom is 0.416 e. The predicted octanol–water partition coefficient (Wildman–Crippen LogP) is 4.32. The van der Waals surface area contributed by atoms with Gasteiger partial charge in [0.05, 0.1) is 17.0 Å². The highest BCUT2D eigenvalue weighted by atomic mass is 32.2. The molecule has 1 saturated carbocycles. The highest BCUT2D eigenvalue weighted by molar-refractivity contribution is 7.86. The zero-order valence-electron chi connectivity index (χ0n) is 13.7. The summed E-state index contributed by atoms with van der Waals surface area (Å²) in [7, 11) is -1.71. The number of benzene rings is 1. The number of fused-ring (bicyclic) bond motifs is 1. The minimum Gasteiger partial charge on any atom is -0.474 e. The van der Waals surface area contributed by atoms with Crippen LogP contribution in [0.25, 0.3) is 0 Å². The van der Waals surface area contributed by atoms with E-state index in [0.29, 0.717) is 11.0 Å². The molecule has 0 N–H and O–H groups in total. The van der Waals surface area contributed by atoms with Crippen molar-refractivity contribution in [1.82, 2.24) is 4.98 Å². The average Bonchev–Trinajstić information content (AvgIpc) is 2.89. The minimum atomic E-state index is -4.69. The molecule has 10 heteroatoms. The maximum absolute atomic E-state index is 13.3. The summed E-state index contributed by atoms with van der Waals surface area (Å²) in [6.45, 7) is 0.123. The number of aromatic nitrogens is 1. The van der Waals surface area contributed by atoms with E-state index in [9.17, 15) is 26.2 Å². The van der Waals surface area contributed by atoms with Gasteiger partial charge in [0, 0.05) is 18.9 Å². The number of hydrogen-bond acceptors (Lipinski definition) is 3. The van der Waals surface area contributed by atoms with E-state index in [2.05, 4.69) is 4.98 Å². The van der Waals surface area contributed by atoms with Gasteiger partial charge in [-0.15, -0.1) is 0 Å². The molecule has 2 aliphatic rings. The van der Waals surface area contributed by atoms with E-state index < -0.39 is 53.5 Å². The molecule has 2 heterocycles. The van der Waals surface area contributed by atoms with Crippen molar-refractivity contribution < 1.29 is 30.9 Å². The lowest BCUT2D eigenvalue weighted by Crippen LogP contribution is -2.43. The molecule has 0 saturated heterocycles. The smallest absolute Gasteiger partial charge is 0.416 e. The standard InChI is InChI=1S/C17H13F5N2O2S/c18-16(19)7-12(8-16)26-15-6-11(17(20,21)22)5-14(23-15)24-9-10-3-1-2-4-13(10)27(24)25/h1-6,12H,7-9H2. The van der Waals surface area contributed by atoms with Crippen LogP contribution in [-0.4, -0.2) is 21.2 Å². The molecule has 1 aliphatic heterocycles. The van der Waals surface area contributed by atoms with Crippen molar-refractivity contribution in [2.24, 2.45) is 0 Å². The molecule has 0 bridgehead atoms. The fourth-order valence-corrected chi connectivity index (χ4v) is 4.32. The summed E-state index contributed by atoms with van der Waals surface area (Å²) in [5, 5.41) is 0. The van der Waals surface area contributed by atoms with Crippen molar-refractivity contribution in [2.45, 2.75) is 42.5 Å². The number of rotatable bonds is 3. The molecular weight excluding hydrogens is 391 g/mol. The van der Waals surface area contributed by atoms with E-state index in [0.717, 1.165) is 11.6 Å². The molecule has 144 valence electrons. The van der Waals surface area contributed by atoms with Crippen LogP contribution in [0.5, 0.6) is 5.88 Å². The molecule has 1 unspecified atom stereocenters. The number of nitrogens with zero attached hydrogens (tertiary/aromatic N) is 2. The monoisotopic (exact) mass is 404 g/mol. The van der Waals surface area contributed by atoms with Crippen molar-refractivity contribution in [3.63, 3.8) is 0 Å². The average molecular weight is 404 g/mol. The minimum absolute atomic E-state index is 0.123. The third-order valence-corrected chi connectivity index (χ3v) is 5.88. The summed E-state index contributed by atoms with van der Waals surface area (Å²) < 4.78 is 84.7. The summed E-state index contributed by atoms with van der Waals surface area (Å²) in [4.78, 5) is 4.50. The topological polar surface area (TPSA) is 42.4 Å². The van der Waals surface area contributed by atoms with Gasteiger partial charge in [0.1, 0.15) is 11.9 Å². The van der Waals surface area contributed by atoms with Crippen LogP contribution in [0, 0.1) is 0 Å². The number of pyridine rings is 1. The van der Waals surface area contributed by atoms with Crippen molar-refractivity contribution in [2.75, 3.05) is 4.31 Å². The van der Waals surface area contributed by atoms with Crippen molar-refractivity contribution in [3.8, 4) is 5.88 Å². The van der Waals surface area contributed by atoms with Gasteiger partial charge in [-0.05, 0) is 17.7 Å². The Morgan fingerprint density at radius 2 is 1.89 bits per heavy atom. The normalized spacial score (nSPS) is 21.7. The van der Waals surface area contributed by atoms with Crippen molar-refractivity contribution >= 4 is 16.8 Å². The predicted molar refractivity (Wildman–Crippen MR) is 86.9 cm³/mol. The molecule has 0 amide bonds. The molecule has 1 aromatic carbocycles. The highest BCUT2D eigenvalue weighted by Gasteiger charge is 2.47. The van der Waals surface area contributed by atoms with Crippen LogP contribution in [0.4, 0.5) is 27.8 Å². The molecule has 1 fully saturated rings. The third-order valence-electron chi connectivity index (χ3n) is 4.39. The van der Waals surface area contributed by atoms with Crippen LogP contribution in [0.2, 0.25) is 0 Å². The lowest BCUT2D eigenvalue weighted by Gasteiger charge is -2.34. The fraction of sp³-hybridized carbons (Fsp3) is 0.353. The van der Waals surface area contributed by atoms with E-state index in [-0.39, 0.29) is 12.4 Å². The van der Waals surface area contributed by atoms with Crippen LogP contribution >= 0.6 is 0 Å². The molecule has 27 heavy (non-hydrogen) atoms. The first kappa shape index (κ1) is 18.1. The maximum atomic E-state index is 13.3. The molecule has 0 spiro atoms. The number of halogens is 5. The van der Waals surface area contributed by atoms with Gasteiger partial charge >= 0.3 is 6.18 Å². The quantitative estimate of drug-likeness (QED) is 0.716. The Labute approximate surface area is 153 Å². The van der Waals surface area contributed by atoms with Crippen LogP contribution in [-0.2, 0) is 23.7 Å². The second kappa shape index (κ2) is 6.15. The van der Waals surface area contributed by atoms with Crippen molar-refractivity contribution in [1.29, 1.82) is 0 Å². The van der Waals surface area contributed by atoms with Crippen LogP contribution < -0.4 is 9.04 Å². The lowest BCUT2D eigenvalue weighted by molar-refractivity contribution is -0.140. The van der Waals surface area contributed by atoms with E-state index in [1.807, 2.05) is 0 Å². The Hall–Kier alpha value is -2.23. The molecule has 1 aliphatic carbocycles. The Balaban J connectivity index is 1.66. The van der Waals surface area contributed by atoms with E-state index in [4.69, 9.17) is 4.74 Å². The van der Waals surface area contributed by atoms with Gasteiger partial charge < -0.3 is 4.74 Å². The molecule has 4 nitrogen and oxygen atoms in total. The second-order valence-electron chi connectivity index (χ2n) is 6.45. The van der Waals surface area contributed by atoms with Gasteiger partial charge in [0.25, 0.3) is 5.92 Å². The highest BCUT2D eigenvalue weighted by Crippen LogP contribution is 2.41. The fourth-order valence-electron chi connectivity index (χ4n) is 3.01. The number of alkyl halides is 5. The lowest BCUT2D eigenvalue weighted by atomic mass is 9.91. The zero-order chi connectivity index (χ0) is 19.4. The van der Waals surface area contributed by atoms with Crippen molar-refractivity contribution in [3.05, 3.63) is 47.5 Å². The van der Waals surface area contributed by atoms with Gasteiger partial charge in [-0.2, -0.15) is 18.2 Å². The zero-order valence-corrected chi connectivity index (χ0v) is 14.5. The van der Waals surface area contributed by atoms with Crippen LogP contribution in [0.15, 0.2) is 41.3 Å². The van der Waals surface area contributed by atoms with Crippen LogP contribution in [0.1, 0.15) is 24.0 Å². The molecule has 2 aromatic rings. The van der Waals surface area contributed by atoms with E-state index >= 15 is 0 Å². The Morgan fingerprint density at radius 3 is 2.52 bits per heavy atom. The Kier molecular flexibility index (Phi) is 4.13. The summed E-state index contributed by atoms with van der Waals surface area (Å²) in [5.41, 5.74) is -0.322. The van der Waals surface area contributed by atoms with Gasteiger partial charge in [0.15, 0.2) is 11.0 Å². The summed E-state index contributed by atoms with van der Waals surface area (Å²) in [6, 6.07) is 8.25. The van der Waals surface area contributed by atoms with Crippen LogP contribution in [0.3, 0.4) is 0 Å². The summed E-state index contributed by atoms with van der Waals surface area (Å²) in [5.74, 6) is -3.46. The molecule has 4 rings (SSSR count). The summed E-state index contributed by atoms with van der Waals surface area (Å²) >= 11 is 0. The largest absolute Gasteiger partial charge is 0.474 e. The van der Waals surface area contributed by atoms with E-state index in [1.54, 1.807) is 24.3 Å². The van der Waals surface area contributed by atoms with Gasteiger partial charge in [-0.1, -0.05) is 18.2 Å². The third kappa shape index (κ3) is 3.50. The first-order valence-corrected chi connectivity index (χ1v) is 9.14. The second-order valence-corrected chi connectivity index (χ2v) is 7.83. The molecular formula is C17H13F5N2O2S. The van der Waals surface area contributed by atoms with Gasteiger partial charge in [-0.3, -0.25) is 4.31 Å². The first-order chi connectivity index (χ1) is 12.6. The number of ether oxygens (including phenoxy) is 1. The Bertz CT molecular complexity index is 910. The molecule has 1 atom stereocenters. The first-order valence-electron chi connectivity index (χ1n) is 8.03. The number of anilines is 1. The SMILES string of the molecule is O=S1c2ccccc2CN1c1cc(C(F)(F)F)cc(OC2CC(F)(F)C2)n1. The van der Waals surface area contributed by atoms with Gasteiger partial charge in [0.2, 0.25) is 5.88 Å². The summed E-state index contributed by atoms with van der Waals surface area (Å²) in [6.07, 6.45) is -6.72. The number of hydrogen-bond donors (Lipinski definition) is 0. The molecule has 0 radical (unpaired) electrons. The Morgan fingerprint density at radius 1 is 1.19 bits per heavy atom. The van der Waals surface area contributed by atoms with E-state index in [1.165, 1.54) is 4.31 Å². The van der Waals surface area contributed by atoms with Gasteiger partial charge in [-0.25, -0.2) is 13.0 Å². The molecule has 1 aromatic heterocycles.